The molecule has 1 aliphatic rings. The predicted octanol–water partition coefficient (Wildman–Crippen LogP) is 2.56. The van der Waals surface area contributed by atoms with Crippen molar-refractivity contribution < 1.29 is 13.2 Å². The number of amidine groups is 1. The van der Waals surface area contributed by atoms with Crippen molar-refractivity contribution in [2.45, 2.75) is 43.5 Å². The van der Waals surface area contributed by atoms with Crippen molar-refractivity contribution in [3.63, 3.8) is 0 Å². The molecule has 0 bridgehead atoms. The lowest BCUT2D eigenvalue weighted by molar-refractivity contribution is -0.121. The molecule has 1 unspecified atom stereocenters. The standard InChI is InChI=1S/C20H24N4O3S/c1-15(17-10-6-8-13-21-17)23-19(25)12-3-2-7-14-22-20-16-9-4-5-11-18(16)28(26,27)24-20/h4-6,8-11,13,15H,2-3,7,12,14H2,1H3,(H,22,24)(H,23,25). The molecule has 0 radical (unpaired) electrons. The van der Waals surface area contributed by atoms with Crippen molar-refractivity contribution in [1.82, 2.24) is 15.0 Å². The van der Waals surface area contributed by atoms with E-state index in [2.05, 4.69) is 20.0 Å². The van der Waals surface area contributed by atoms with Crippen LogP contribution >= 0.6 is 0 Å². The molecule has 3 rings (SSSR count). The molecule has 7 nitrogen and oxygen atoms in total. The van der Waals surface area contributed by atoms with Gasteiger partial charge in [-0.2, -0.15) is 0 Å². The van der Waals surface area contributed by atoms with Gasteiger partial charge in [-0.25, -0.2) is 8.42 Å². The molecule has 0 fully saturated rings. The van der Waals surface area contributed by atoms with Gasteiger partial charge in [0.05, 0.1) is 16.6 Å². The van der Waals surface area contributed by atoms with E-state index in [0.29, 0.717) is 24.4 Å². The average molecular weight is 401 g/mol. The molecule has 0 spiro atoms. The van der Waals surface area contributed by atoms with Crippen molar-refractivity contribution in [3.8, 4) is 0 Å². The van der Waals surface area contributed by atoms with Crippen LogP contribution in [0.5, 0.6) is 0 Å². The third-order valence-corrected chi connectivity index (χ3v) is 5.90. The maximum absolute atomic E-state index is 12.0. The van der Waals surface area contributed by atoms with Gasteiger partial charge in [-0.15, -0.1) is 0 Å². The highest BCUT2D eigenvalue weighted by Gasteiger charge is 2.29. The first kappa shape index (κ1) is 20.0. The smallest absolute Gasteiger partial charge is 0.263 e. The van der Waals surface area contributed by atoms with Gasteiger partial charge in [0, 0.05) is 24.7 Å². The van der Waals surface area contributed by atoms with Crippen LogP contribution in [0.1, 0.15) is 49.9 Å². The van der Waals surface area contributed by atoms with E-state index >= 15 is 0 Å². The van der Waals surface area contributed by atoms with Crippen molar-refractivity contribution in [1.29, 1.82) is 0 Å². The van der Waals surface area contributed by atoms with Crippen LogP contribution in [-0.4, -0.2) is 31.7 Å². The van der Waals surface area contributed by atoms with E-state index in [1.807, 2.05) is 25.1 Å². The van der Waals surface area contributed by atoms with Crippen LogP contribution in [0.15, 0.2) is 58.5 Å². The summed E-state index contributed by atoms with van der Waals surface area (Å²) in [5.41, 5.74) is 1.45. The number of carbonyl (C=O) groups is 1. The minimum Gasteiger partial charge on any atom is -0.348 e. The zero-order valence-electron chi connectivity index (χ0n) is 15.8. The SMILES string of the molecule is CC(NC(=O)CCCCCN=C1NS(=O)(=O)c2ccccc21)c1ccccn1. The summed E-state index contributed by atoms with van der Waals surface area (Å²) in [7, 11) is -3.49. The number of pyridine rings is 1. The summed E-state index contributed by atoms with van der Waals surface area (Å²) in [6.45, 7) is 2.43. The molecule has 2 aromatic rings. The number of fused-ring (bicyclic) bond motifs is 1. The molecule has 1 atom stereocenters. The number of amides is 1. The zero-order chi connectivity index (χ0) is 20.0. The lowest BCUT2D eigenvalue weighted by atomic mass is 10.1. The number of aliphatic imine (C=N–C) groups is 1. The summed E-state index contributed by atoms with van der Waals surface area (Å²) >= 11 is 0. The first-order valence-electron chi connectivity index (χ1n) is 9.34. The average Bonchev–Trinajstić information content (AvgIpc) is 2.96. The highest BCUT2D eigenvalue weighted by molar-refractivity contribution is 7.90. The Morgan fingerprint density at radius 2 is 1.93 bits per heavy atom. The number of nitrogens with one attached hydrogen (secondary N) is 2. The molecule has 28 heavy (non-hydrogen) atoms. The van der Waals surface area contributed by atoms with E-state index in [4.69, 9.17) is 0 Å². The molecular weight excluding hydrogens is 376 g/mol. The van der Waals surface area contributed by atoms with Gasteiger partial charge in [0.15, 0.2) is 0 Å². The summed E-state index contributed by atoms with van der Waals surface area (Å²) < 4.78 is 26.5. The second-order valence-corrected chi connectivity index (χ2v) is 8.34. The van der Waals surface area contributed by atoms with E-state index < -0.39 is 10.0 Å². The number of sulfonamides is 1. The molecule has 1 amide bonds. The Kier molecular flexibility index (Phi) is 6.41. The quantitative estimate of drug-likeness (QED) is 0.665. The summed E-state index contributed by atoms with van der Waals surface area (Å²) in [4.78, 5) is 20.9. The molecule has 1 aliphatic heterocycles. The van der Waals surface area contributed by atoms with Crippen LogP contribution in [-0.2, 0) is 14.8 Å². The van der Waals surface area contributed by atoms with Crippen molar-refractivity contribution in [3.05, 3.63) is 59.9 Å². The minimum absolute atomic E-state index is 0.00180. The Bertz CT molecular complexity index is 958. The molecular formula is C20H24N4O3S. The molecule has 2 N–H and O–H groups in total. The largest absolute Gasteiger partial charge is 0.348 e. The molecule has 0 saturated carbocycles. The van der Waals surface area contributed by atoms with Crippen molar-refractivity contribution in [2.75, 3.05) is 6.54 Å². The normalized spacial score (nSPS) is 17.0. The fourth-order valence-corrected chi connectivity index (χ4v) is 4.29. The van der Waals surface area contributed by atoms with Gasteiger partial charge in [-0.3, -0.25) is 19.5 Å². The van der Waals surface area contributed by atoms with Gasteiger partial charge in [0.25, 0.3) is 10.0 Å². The molecule has 2 heterocycles. The number of hydrogen-bond acceptors (Lipinski definition) is 5. The van der Waals surface area contributed by atoms with Gasteiger partial charge < -0.3 is 5.32 Å². The Morgan fingerprint density at radius 3 is 2.71 bits per heavy atom. The number of benzene rings is 1. The fourth-order valence-electron chi connectivity index (χ4n) is 3.04. The Balaban J connectivity index is 1.39. The number of hydrogen-bond donors (Lipinski definition) is 2. The maximum Gasteiger partial charge on any atom is 0.263 e. The predicted molar refractivity (Wildman–Crippen MR) is 107 cm³/mol. The van der Waals surface area contributed by atoms with Crippen LogP contribution < -0.4 is 10.0 Å². The maximum atomic E-state index is 12.0. The Hall–Kier alpha value is -2.74. The van der Waals surface area contributed by atoms with Gasteiger partial charge in [0.2, 0.25) is 5.91 Å². The highest BCUT2D eigenvalue weighted by atomic mass is 32.2. The number of nitrogens with zero attached hydrogens (tertiary/aromatic N) is 2. The number of carbonyl (C=O) groups excluding carboxylic acids is 1. The van der Waals surface area contributed by atoms with E-state index in [9.17, 15) is 13.2 Å². The summed E-state index contributed by atoms with van der Waals surface area (Å²) in [6.07, 6.45) is 4.55. The monoisotopic (exact) mass is 400 g/mol. The number of aromatic nitrogens is 1. The van der Waals surface area contributed by atoms with E-state index in [-0.39, 0.29) is 16.8 Å². The summed E-state index contributed by atoms with van der Waals surface area (Å²) in [5.74, 6) is 0.402. The van der Waals surface area contributed by atoms with E-state index in [0.717, 1.165) is 25.0 Å². The summed E-state index contributed by atoms with van der Waals surface area (Å²) in [6, 6.07) is 12.3. The second-order valence-electron chi connectivity index (χ2n) is 6.69. The zero-order valence-corrected chi connectivity index (χ0v) is 16.6. The number of unbranched alkanes of at least 4 members (excludes halogenated alkanes) is 2. The molecule has 1 aromatic heterocycles. The topological polar surface area (TPSA) is 101 Å². The third-order valence-electron chi connectivity index (χ3n) is 4.50. The first-order chi connectivity index (χ1) is 13.5. The number of rotatable bonds is 8. The van der Waals surface area contributed by atoms with Crippen LogP contribution in [0.3, 0.4) is 0 Å². The molecule has 0 aliphatic carbocycles. The van der Waals surface area contributed by atoms with E-state index in [1.165, 1.54) is 0 Å². The van der Waals surface area contributed by atoms with Gasteiger partial charge >= 0.3 is 0 Å². The van der Waals surface area contributed by atoms with Gasteiger partial charge in [-0.05, 0) is 44.0 Å². The third kappa shape index (κ3) is 4.95. The Labute approximate surface area is 165 Å². The minimum atomic E-state index is -3.49. The second kappa shape index (κ2) is 8.97. The van der Waals surface area contributed by atoms with Crippen molar-refractivity contribution >= 4 is 21.8 Å². The lowest BCUT2D eigenvalue weighted by Crippen LogP contribution is -2.26. The van der Waals surface area contributed by atoms with Crippen LogP contribution in [0.25, 0.3) is 0 Å². The molecule has 148 valence electrons. The van der Waals surface area contributed by atoms with Crippen LogP contribution in [0.2, 0.25) is 0 Å². The van der Waals surface area contributed by atoms with Crippen LogP contribution in [0, 0.1) is 0 Å². The lowest BCUT2D eigenvalue weighted by Gasteiger charge is -2.13. The first-order valence-corrected chi connectivity index (χ1v) is 10.8. The highest BCUT2D eigenvalue weighted by Crippen LogP contribution is 2.22. The molecule has 8 heteroatoms. The van der Waals surface area contributed by atoms with Gasteiger partial charge in [-0.1, -0.05) is 24.6 Å². The van der Waals surface area contributed by atoms with Crippen LogP contribution in [0.4, 0.5) is 0 Å². The van der Waals surface area contributed by atoms with E-state index in [1.54, 1.807) is 30.5 Å². The fraction of sp³-hybridized carbons (Fsp3) is 0.350. The Morgan fingerprint density at radius 1 is 1.14 bits per heavy atom. The van der Waals surface area contributed by atoms with Crippen molar-refractivity contribution in [2.24, 2.45) is 4.99 Å². The summed E-state index contributed by atoms with van der Waals surface area (Å²) in [5, 5.41) is 2.95. The van der Waals surface area contributed by atoms with Gasteiger partial charge in [0.1, 0.15) is 5.84 Å². The molecule has 0 saturated heterocycles. The molecule has 1 aromatic carbocycles.